The zero-order chi connectivity index (χ0) is 33.1. The van der Waals surface area contributed by atoms with Gasteiger partial charge in [-0.15, -0.1) is 22.6 Å². The van der Waals surface area contributed by atoms with Crippen molar-refractivity contribution in [2.24, 2.45) is 0 Å². The van der Waals surface area contributed by atoms with E-state index in [0.717, 1.165) is 48.3 Å². The molecule has 4 aromatic rings. The lowest BCUT2D eigenvalue weighted by Crippen LogP contribution is -2.43. The van der Waals surface area contributed by atoms with Crippen molar-refractivity contribution in [2.45, 2.75) is 101 Å². The van der Waals surface area contributed by atoms with Gasteiger partial charge in [0.25, 0.3) is 0 Å². The van der Waals surface area contributed by atoms with E-state index < -0.39 is 23.7 Å². The Hall–Kier alpha value is -4.18. The molecule has 2 aliphatic heterocycles. The van der Waals surface area contributed by atoms with E-state index in [2.05, 4.69) is 29.8 Å². The first-order valence-corrected chi connectivity index (χ1v) is 16.4. The number of rotatable bonds is 5. The molecule has 2 aromatic heterocycles. The maximum Gasteiger partial charge on any atom is 0.411 e. The number of nitrogens with one attached hydrogen (secondary N) is 2. The minimum absolute atomic E-state index is 0. The molecule has 0 radical (unpaired) electrons. The van der Waals surface area contributed by atoms with Crippen molar-refractivity contribution in [3.8, 4) is 22.5 Å². The Bertz CT molecular complexity index is 1580. The number of anilines is 2. The van der Waals surface area contributed by atoms with Gasteiger partial charge in [-0.05, 0) is 53.0 Å². The number of aliphatic carboxylic acids is 1. The van der Waals surface area contributed by atoms with E-state index in [0.29, 0.717) is 23.0 Å². The number of likely N-dealkylation sites (tertiary alicyclic amines) is 1. The smallest absolute Gasteiger partial charge is 0.411 e. The molecule has 2 saturated heterocycles. The van der Waals surface area contributed by atoms with Gasteiger partial charge in [0.1, 0.15) is 33.0 Å². The molecular weight excluding hydrogens is 724 g/mol. The van der Waals surface area contributed by atoms with Crippen molar-refractivity contribution in [1.82, 2.24) is 29.4 Å². The SMILES string of the molecule is C.C.C.C.C.CC(C)(C)OC(=O)N1CCC[C@@H]1C(=O)O.Cl.Nc1snnc1-c1ccccc1.O=C(Nc1snnc1-c1ccccc1)[C@@H]1CCCN1. The zero-order valence-electron chi connectivity index (χ0n) is 26.3. The lowest BCUT2D eigenvalue weighted by Gasteiger charge is -2.26. The number of nitrogens with two attached hydrogens (primary N) is 1. The van der Waals surface area contributed by atoms with Crippen LogP contribution in [0.4, 0.5) is 14.8 Å². The van der Waals surface area contributed by atoms with Crippen molar-refractivity contribution in [2.75, 3.05) is 24.1 Å². The number of hydrogen-bond donors (Lipinski definition) is 4. The molecule has 0 bridgehead atoms. The molecule has 0 spiro atoms. The summed E-state index contributed by atoms with van der Waals surface area (Å²) in [4.78, 5) is 35.8. The quantitative estimate of drug-likeness (QED) is 0.152. The fraction of sp³-hybridized carbons (Fsp3) is 0.472. The Labute approximate surface area is 324 Å². The summed E-state index contributed by atoms with van der Waals surface area (Å²) in [7, 11) is 0. The largest absolute Gasteiger partial charge is 0.480 e. The molecule has 6 rings (SSSR count). The maximum atomic E-state index is 12.1. The molecule has 2 aromatic carbocycles. The summed E-state index contributed by atoms with van der Waals surface area (Å²) in [6, 6.07) is 18.7. The van der Waals surface area contributed by atoms with Crippen LogP contribution in [-0.4, -0.2) is 77.9 Å². The molecular formula is C36H59ClN8O5S2. The van der Waals surface area contributed by atoms with Crippen molar-refractivity contribution in [3.63, 3.8) is 0 Å². The number of hydrogen-bond acceptors (Lipinski definition) is 12. The lowest BCUT2D eigenvalue weighted by molar-refractivity contribution is -0.142. The standard InChI is InChI=1S/C13H14N4OS.C10H17NO4.C8H7N3S.5CH4.ClH/c18-12(10-7-4-8-14-10)15-13-11(16-17-19-13)9-5-2-1-3-6-9;1-10(2,3)15-9(14)11-6-4-5-7(11)8(12)13;9-8-7(10-11-12-8)6-4-2-1-3-5-6;;;;;;/h1-3,5-6,10,14H,4,7-8H2,(H,15,18);7H,4-6H2,1-3H3,(H,12,13);1-5H,9H2;5*1H4;1H/t10-;7-;;;;;;;/m01......./s1. The van der Waals surface area contributed by atoms with E-state index in [1.165, 1.54) is 28.0 Å². The number of benzene rings is 2. The van der Waals surface area contributed by atoms with Gasteiger partial charge in [-0.3, -0.25) is 9.69 Å². The van der Waals surface area contributed by atoms with Crippen LogP contribution in [0.2, 0.25) is 0 Å². The predicted octanol–water partition coefficient (Wildman–Crippen LogP) is 8.76. The summed E-state index contributed by atoms with van der Waals surface area (Å²) < 4.78 is 12.8. The second-order valence-electron chi connectivity index (χ2n) is 11.5. The van der Waals surface area contributed by atoms with Gasteiger partial charge in [-0.2, -0.15) is 0 Å². The number of halogens is 1. The summed E-state index contributed by atoms with van der Waals surface area (Å²) in [6.07, 6.45) is 2.63. The van der Waals surface area contributed by atoms with E-state index in [1.807, 2.05) is 60.7 Å². The molecule has 2 amide bonds. The Morgan fingerprint density at radius 1 is 0.865 bits per heavy atom. The van der Waals surface area contributed by atoms with Crippen molar-refractivity contribution in [1.29, 1.82) is 0 Å². The highest BCUT2D eigenvalue weighted by Gasteiger charge is 2.36. The van der Waals surface area contributed by atoms with E-state index >= 15 is 0 Å². The number of nitrogen functional groups attached to an aromatic ring is 1. The third-order valence-corrected chi connectivity index (χ3v) is 8.07. The molecule has 2 atom stereocenters. The fourth-order valence-electron chi connectivity index (χ4n) is 4.72. The minimum atomic E-state index is -0.960. The van der Waals surface area contributed by atoms with E-state index in [1.54, 1.807) is 20.8 Å². The molecule has 4 heterocycles. The number of carbonyl (C=O) groups is 3. The average Bonchev–Trinajstić information content (AvgIpc) is 3.85. The normalized spacial score (nSPS) is 15.2. The molecule has 5 N–H and O–H groups in total. The summed E-state index contributed by atoms with van der Waals surface area (Å²) in [5.74, 6) is -0.959. The van der Waals surface area contributed by atoms with Crippen molar-refractivity contribution >= 4 is 63.4 Å². The molecule has 13 nitrogen and oxygen atoms in total. The number of carboxylic acid groups (broad SMARTS) is 1. The first-order chi connectivity index (χ1) is 22.0. The third kappa shape index (κ3) is 15.2. The summed E-state index contributed by atoms with van der Waals surface area (Å²) in [6.45, 7) is 6.65. The van der Waals surface area contributed by atoms with Crippen LogP contribution in [-0.2, 0) is 14.3 Å². The number of ether oxygens (including phenoxy) is 1. The van der Waals surface area contributed by atoms with Crippen LogP contribution in [0.25, 0.3) is 22.5 Å². The second kappa shape index (κ2) is 24.9. The average molecular weight is 784 g/mol. The number of amides is 2. The van der Waals surface area contributed by atoms with Gasteiger partial charge in [-0.25, -0.2) is 9.59 Å². The van der Waals surface area contributed by atoms with Gasteiger partial charge in [0.15, 0.2) is 0 Å². The fourth-order valence-corrected chi connectivity index (χ4v) is 5.77. The maximum absolute atomic E-state index is 12.1. The number of nitrogens with zero attached hydrogens (tertiary/aromatic N) is 5. The Kier molecular flexibility index (Phi) is 25.0. The predicted molar refractivity (Wildman–Crippen MR) is 219 cm³/mol. The van der Waals surface area contributed by atoms with Gasteiger partial charge in [0.2, 0.25) is 5.91 Å². The van der Waals surface area contributed by atoms with Crippen LogP contribution < -0.4 is 16.4 Å². The highest BCUT2D eigenvalue weighted by Crippen LogP contribution is 2.29. The Balaban J connectivity index is -0.000000670. The van der Waals surface area contributed by atoms with Crippen LogP contribution in [0.3, 0.4) is 0 Å². The van der Waals surface area contributed by atoms with Crippen LogP contribution in [0.1, 0.15) is 83.6 Å². The third-order valence-electron chi connectivity index (χ3n) is 6.88. The Morgan fingerprint density at radius 3 is 1.88 bits per heavy atom. The highest BCUT2D eigenvalue weighted by atomic mass is 35.5. The van der Waals surface area contributed by atoms with Gasteiger partial charge < -0.3 is 26.2 Å². The minimum Gasteiger partial charge on any atom is -0.480 e. The molecule has 0 saturated carbocycles. The molecule has 16 heteroatoms. The molecule has 0 unspecified atom stereocenters. The topological polar surface area (TPSA) is 186 Å². The van der Waals surface area contributed by atoms with Gasteiger partial charge in [0.05, 0.1) is 6.04 Å². The Morgan fingerprint density at radius 2 is 1.40 bits per heavy atom. The van der Waals surface area contributed by atoms with Gasteiger partial charge in [0, 0.05) is 40.7 Å². The molecule has 2 fully saturated rings. The van der Waals surface area contributed by atoms with Crippen LogP contribution in [0.5, 0.6) is 0 Å². The van der Waals surface area contributed by atoms with Crippen LogP contribution in [0, 0.1) is 0 Å². The first kappa shape index (κ1) is 52.2. The molecule has 292 valence electrons. The summed E-state index contributed by atoms with van der Waals surface area (Å²) >= 11 is 2.43. The van der Waals surface area contributed by atoms with E-state index in [9.17, 15) is 14.4 Å². The van der Waals surface area contributed by atoms with Gasteiger partial charge >= 0.3 is 12.1 Å². The van der Waals surface area contributed by atoms with Crippen LogP contribution in [0.15, 0.2) is 60.7 Å². The van der Waals surface area contributed by atoms with E-state index in [4.69, 9.17) is 15.6 Å². The highest BCUT2D eigenvalue weighted by molar-refractivity contribution is 7.10. The zero-order valence-corrected chi connectivity index (χ0v) is 28.7. The monoisotopic (exact) mass is 782 g/mol. The molecule has 0 aliphatic carbocycles. The van der Waals surface area contributed by atoms with Crippen LogP contribution >= 0.6 is 35.5 Å². The number of carboxylic acids is 1. The van der Waals surface area contributed by atoms with Crippen molar-refractivity contribution < 1.29 is 24.2 Å². The van der Waals surface area contributed by atoms with Gasteiger partial charge in [-0.1, -0.05) is 107 Å². The lowest BCUT2D eigenvalue weighted by atomic mass is 10.1. The summed E-state index contributed by atoms with van der Waals surface area (Å²) in [5.41, 5.74) is 8.58. The first-order valence-electron chi connectivity index (χ1n) is 14.8. The summed E-state index contributed by atoms with van der Waals surface area (Å²) in [5, 5.41) is 24.4. The van der Waals surface area contributed by atoms with Crippen molar-refractivity contribution in [3.05, 3.63) is 60.7 Å². The van der Waals surface area contributed by atoms with E-state index in [-0.39, 0.29) is 61.5 Å². The second-order valence-corrected chi connectivity index (χ2v) is 13.0. The number of carbonyl (C=O) groups excluding carboxylic acids is 2. The molecule has 2 aliphatic rings. The number of aromatic nitrogens is 4. The molecule has 52 heavy (non-hydrogen) atoms.